The molecule has 1 amide bonds. The van der Waals surface area contributed by atoms with Crippen LogP contribution in [0.15, 0.2) is 59.5 Å². The number of benzene rings is 2. The van der Waals surface area contributed by atoms with E-state index < -0.39 is 21.9 Å². The number of para-hydroxylation sites is 1. The van der Waals surface area contributed by atoms with Gasteiger partial charge < -0.3 is 9.64 Å². The molecule has 1 fully saturated rings. The first-order valence-corrected chi connectivity index (χ1v) is 10.6. The van der Waals surface area contributed by atoms with Crippen LogP contribution in [0.2, 0.25) is 0 Å². The van der Waals surface area contributed by atoms with Crippen LogP contribution in [0.3, 0.4) is 0 Å². The van der Waals surface area contributed by atoms with Crippen molar-refractivity contribution >= 4 is 15.9 Å². The minimum Gasteiger partial charge on any atom is -0.481 e. The number of ether oxygens (including phenoxy) is 1. The van der Waals surface area contributed by atoms with Crippen LogP contribution in [0.25, 0.3) is 0 Å². The smallest absolute Gasteiger partial charge is 0.263 e. The highest BCUT2D eigenvalue weighted by molar-refractivity contribution is 7.89. The van der Waals surface area contributed by atoms with Gasteiger partial charge in [-0.2, -0.15) is 4.31 Å². The molecule has 1 aliphatic rings. The fourth-order valence-corrected chi connectivity index (χ4v) is 4.50. The lowest BCUT2D eigenvalue weighted by atomic mass is 10.2. The van der Waals surface area contributed by atoms with E-state index in [1.807, 2.05) is 25.1 Å². The van der Waals surface area contributed by atoms with E-state index in [-0.39, 0.29) is 37.0 Å². The highest BCUT2D eigenvalue weighted by Crippen LogP contribution is 2.20. The molecule has 28 heavy (non-hydrogen) atoms. The molecule has 150 valence electrons. The predicted octanol–water partition coefficient (Wildman–Crippen LogP) is 2.52. The number of hydrogen-bond donors (Lipinski definition) is 0. The second kappa shape index (κ2) is 8.70. The van der Waals surface area contributed by atoms with E-state index in [4.69, 9.17) is 4.74 Å². The van der Waals surface area contributed by atoms with E-state index in [0.717, 1.165) is 12.1 Å². The summed E-state index contributed by atoms with van der Waals surface area (Å²) < 4.78 is 45.5. The summed E-state index contributed by atoms with van der Waals surface area (Å²) in [6.07, 6.45) is -0.0930. The number of rotatable bonds is 6. The summed E-state index contributed by atoms with van der Waals surface area (Å²) in [5.41, 5.74) is 0. The third-order valence-corrected chi connectivity index (χ3v) is 6.58. The summed E-state index contributed by atoms with van der Waals surface area (Å²) in [5, 5.41) is 0. The third kappa shape index (κ3) is 4.51. The lowest BCUT2D eigenvalue weighted by Crippen LogP contribution is -2.53. The maximum absolute atomic E-state index is 13.1. The molecule has 0 N–H and O–H groups in total. The molecule has 1 heterocycles. The standard InChI is InChI=1S/C20H23FN2O4S/c1-2-19(27-17-6-4-3-5-7-17)20(24)22-12-14-23(15-13-22)28(25,26)18-10-8-16(21)9-11-18/h3-11,19H,2,12-15H2,1H3/t19-/m1/s1. The molecule has 6 nitrogen and oxygen atoms in total. The summed E-state index contributed by atoms with van der Waals surface area (Å²) in [4.78, 5) is 14.5. The lowest BCUT2D eigenvalue weighted by Gasteiger charge is -2.35. The Kier molecular flexibility index (Phi) is 6.31. The fourth-order valence-electron chi connectivity index (χ4n) is 3.08. The van der Waals surface area contributed by atoms with Crippen molar-refractivity contribution in [1.29, 1.82) is 0 Å². The number of hydrogen-bond acceptors (Lipinski definition) is 4. The summed E-state index contributed by atoms with van der Waals surface area (Å²) >= 11 is 0. The maximum Gasteiger partial charge on any atom is 0.263 e. The van der Waals surface area contributed by atoms with Gasteiger partial charge in [0.15, 0.2) is 6.10 Å². The number of piperazine rings is 1. The molecule has 0 bridgehead atoms. The molecule has 1 saturated heterocycles. The average molecular weight is 406 g/mol. The first-order chi connectivity index (χ1) is 13.4. The quantitative estimate of drug-likeness (QED) is 0.739. The second-order valence-corrected chi connectivity index (χ2v) is 8.45. The third-order valence-electron chi connectivity index (χ3n) is 4.67. The SMILES string of the molecule is CC[C@@H](Oc1ccccc1)C(=O)N1CCN(S(=O)(=O)c2ccc(F)cc2)CC1. The summed E-state index contributed by atoms with van der Waals surface area (Å²) in [5.74, 6) is -0.0104. The maximum atomic E-state index is 13.1. The van der Waals surface area contributed by atoms with E-state index in [0.29, 0.717) is 12.2 Å². The van der Waals surface area contributed by atoms with Crippen LogP contribution in [0.5, 0.6) is 5.75 Å². The van der Waals surface area contributed by atoms with E-state index in [1.165, 1.54) is 16.4 Å². The first-order valence-electron chi connectivity index (χ1n) is 9.18. The van der Waals surface area contributed by atoms with E-state index in [1.54, 1.807) is 17.0 Å². The van der Waals surface area contributed by atoms with Crippen LogP contribution >= 0.6 is 0 Å². The Morgan fingerprint density at radius 3 is 2.21 bits per heavy atom. The van der Waals surface area contributed by atoms with Crippen LogP contribution in [-0.4, -0.2) is 55.8 Å². The zero-order valence-electron chi connectivity index (χ0n) is 15.6. The van der Waals surface area contributed by atoms with E-state index >= 15 is 0 Å². The topological polar surface area (TPSA) is 66.9 Å². The minimum atomic E-state index is -3.70. The minimum absolute atomic E-state index is 0.0486. The molecule has 2 aromatic rings. The number of halogens is 1. The Morgan fingerprint density at radius 2 is 1.64 bits per heavy atom. The molecule has 0 spiro atoms. The average Bonchev–Trinajstić information content (AvgIpc) is 2.72. The highest BCUT2D eigenvalue weighted by atomic mass is 32.2. The van der Waals surface area contributed by atoms with Gasteiger partial charge in [-0.15, -0.1) is 0 Å². The molecule has 1 aliphatic heterocycles. The molecule has 2 aromatic carbocycles. The Morgan fingerprint density at radius 1 is 1.04 bits per heavy atom. The molecule has 0 radical (unpaired) electrons. The van der Waals surface area contributed by atoms with E-state index in [2.05, 4.69) is 0 Å². The van der Waals surface area contributed by atoms with Gasteiger partial charge in [-0.3, -0.25) is 4.79 Å². The normalized spacial score (nSPS) is 16.6. The van der Waals surface area contributed by atoms with Gasteiger partial charge in [0.05, 0.1) is 4.90 Å². The largest absolute Gasteiger partial charge is 0.481 e. The summed E-state index contributed by atoms with van der Waals surface area (Å²) in [6.45, 7) is 2.82. The van der Waals surface area contributed by atoms with Crippen molar-refractivity contribution in [1.82, 2.24) is 9.21 Å². The number of nitrogens with zero attached hydrogens (tertiary/aromatic N) is 2. The zero-order chi connectivity index (χ0) is 20.1. The number of sulfonamides is 1. The van der Waals surface area contributed by atoms with Gasteiger partial charge in [0.25, 0.3) is 5.91 Å². The van der Waals surface area contributed by atoms with Crippen LogP contribution in [0, 0.1) is 5.82 Å². The van der Waals surface area contributed by atoms with Gasteiger partial charge in [0, 0.05) is 26.2 Å². The Hall–Kier alpha value is -2.45. The van der Waals surface area contributed by atoms with Crippen molar-refractivity contribution in [3.8, 4) is 5.75 Å². The van der Waals surface area contributed by atoms with Crippen molar-refractivity contribution < 1.29 is 22.3 Å². The lowest BCUT2D eigenvalue weighted by molar-refractivity contribution is -0.140. The van der Waals surface area contributed by atoms with Crippen LogP contribution < -0.4 is 4.74 Å². The molecule has 1 atom stereocenters. The highest BCUT2D eigenvalue weighted by Gasteiger charge is 2.32. The Bertz CT molecular complexity index is 896. The molecular formula is C20H23FN2O4S. The molecule has 8 heteroatoms. The molecule has 3 rings (SSSR count). The van der Waals surface area contributed by atoms with Crippen LogP contribution in [0.1, 0.15) is 13.3 Å². The van der Waals surface area contributed by atoms with Gasteiger partial charge in [-0.05, 0) is 42.8 Å². The zero-order valence-corrected chi connectivity index (χ0v) is 16.4. The molecule has 0 unspecified atom stereocenters. The van der Waals surface area contributed by atoms with Gasteiger partial charge in [-0.25, -0.2) is 12.8 Å². The van der Waals surface area contributed by atoms with Crippen LogP contribution in [-0.2, 0) is 14.8 Å². The number of carbonyl (C=O) groups excluding carboxylic acids is 1. The summed E-state index contributed by atoms with van der Waals surface area (Å²) in [6, 6.07) is 13.9. The molecular weight excluding hydrogens is 383 g/mol. The number of amides is 1. The van der Waals surface area contributed by atoms with E-state index in [9.17, 15) is 17.6 Å². The van der Waals surface area contributed by atoms with Crippen molar-refractivity contribution in [2.75, 3.05) is 26.2 Å². The predicted molar refractivity (Wildman–Crippen MR) is 103 cm³/mol. The van der Waals surface area contributed by atoms with Crippen molar-refractivity contribution in [2.45, 2.75) is 24.3 Å². The van der Waals surface area contributed by atoms with Gasteiger partial charge in [0.1, 0.15) is 11.6 Å². The molecule has 0 aromatic heterocycles. The molecule has 0 saturated carbocycles. The molecule has 0 aliphatic carbocycles. The first kappa shape index (κ1) is 20.3. The monoisotopic (exact) mass is 406 g/mol. The van der Waals surface area contributed by atoms with Gasteiger partial charge >= 0.3 is 0 Å². The second-order valence-electron chi connectivity index (χ2n) is 6.51. The summed E-state index contributed by atoms with van der Waals surface area (Å²) in [7, 11) is -3.70. The number of carbonyl (C=O) groups is 1. The Balaban J connectivity index is 1.62. The Labute approximate surface area is 164 Å². The van der Waals surface area contributed by atoms with Crippen molar-refractivity contribution in [3.05, 3.63) is 60.4 Å². The van der Waals surface area contributed by atoms with Crippen molar-refractivity contribution in [2.24, 2.45) is 0 Å². The fraction of sp³-hybridized carbons (Fsp3) is 0.350. The van der Waals surface area contributed by atoms with Crippen LogP contribution in [0.4, 0.5) is 4.39 Å². The van der Waals surface area contributed by atoms with Crippen molar-refractivity contribution in [3.63, 3.8) is 0 Å². The van der Waals surface area contributed by atoms with Gasteiger partial charge in [0.2, 0.25) is 10.0 Å². The van der Waals surface area contributed by atoms with Gasteiger partial charge in [-0.1, -0.05) is 25.1 Å².